The van der Waals surface area contributed by atoms with Gasteiger partial charge in [0.05, 0.1) is 17.1 Å². The Labute approximate surface area is 155 Å². The molecule has 0 spiro atoms. The van der Waals surface area contributed by atoms with Crippen molar-refractivity contribution in [2.45, 2.75) is 5.75 Å². The molecule has 1 heterocycles. The Morgan fingerprint density at radius 2 is 1.73 bits per heavy atom. The number of benzene rings is 2. The van der Waals surface area contributed by atoms with E-state index < -0.39 is 27.3 Å². The van der Waals surface area contributed by atoms with E-state index in [4.69, 9.17) is 16.7 Å². The molecule has 1 aromatic heterocycles. The molecule has 8 heteroatoms. The van der Waals surface area contributed by atoms with Crippen molar-refractivity contribution in [3.05, 3.63) is 71.4 Å². The average molecular weight is 391 g/mol. The Morgan fingerprint density at radius 3 is 2.35 bits per heavy atom. The van der Waals surface area contributed by atoms with Crippen molar-refractivity contribution in [2.75, 3.05) is 5.75 Å². The van der Waals surface area contributed by atoms with Gasteiger partial charge in [0.15, 0.2) is 9.84 Å². The monoisotopic (exact) mass is 390 g/mol. The van der Waals surface area contributed by atoms with Gasteiger partial charge < -0.3 is 5.11 Å². The number of carbonyl (C=O) groups is 1. The third-order valence-corrected chi connectivity index (χ3v) is 5.34. The topological polar surface area (TPSA) is 89.3 Å². The molecule has 0 bridgehead atoms. The fourth-order valence-corrected chi connectivity index (χ4v) is 3.84. The molecule has 0 aliphatic carbocycles. The van der Waals surface area contributed by atoms with Crippen LogP contribution in [0.2, 0.25) is 5.02 Å². The number of aliphatic carboxylic acids is 1. The third-order valence-electron chi connectivity index (χ3n) is 3.65. The van der Waals surface area contributed by atoms with Crippen LogP contribution < -0.4 is 0 Å². The Hall–Kier alpha value is -2.64. The number of sulfone groups is 1. The first-order valence-corrected chi connectivity index (χ1v) is 9.86. The Morgan fingerprint density at radius 1 is 1.08 bits per heavy atom. The van der Waals surface area contributed by atoms with E-state index in [1.54, 1.807) is 35.1 Å². The number of hydrogen-bond donors (Lipinski definition) is 1. The normalized spacial score (nSPS) is 11.4. The van der Waals surface area contributed by atoms with E-state index in [2.05, 4.69) is 5.10 Å². The summed E-state index contributed by atoms with van der Waals surface area (Å²) in [5.74, 6) is -2.72. The van der Waals surface area contributed by atoms with Gasteiger partial charge in [0.1, 0.15) is 5.75 Å². The average Bonchev–Trinajstić information content (AvgIpc) is 2.98. The van der Waals surface area contributed by atoms with E-state index in [0.29, 0.717) is 21.8 Å². The lowest BCUT2D eigenvalue weighted by molar-refractivity contribution is -0.134. The van der Waals surface area contributed by atoms with Gasteiger partial charge >= 0.3 is 5.97 Å². The van der Waals surface area contributed by atoms with Gasteiger partial charge in [-0.3, -0.25) is 4.79 Å². The van der Waals surface area contributed by atoms with Crippen LogP contribution in [0.15, 0.2) is 60.8 Å². The summed E-state index contributed by atoms with van der Waals surface area (Å²) in [6, 6.07) is 16.1. The van der Waals surface area contributed by atoms with Gasteiger partial charge in [-0.15, -0.1) is 0 Å². The van der Waals surface area contributed by atoms with Crippen LogP contribution in [0.4, 0.5) is 0 Å². The van der Waals surface area contributed by atoms with Gasteiger partial charge in [-0.05, 0) is 24.3 Å². The second-order valence-electron chi connectivity index (χ2n) is 5.72. The number of para-hydroxylation sites is 1. The quantitative estimate of drug-likeness (QED) is 0.698. The van der Waals surface area contributed by atoms with Gasteiger partial charge in [-0.2, -0.15) is 5.10 Å². The molecule has 134 valence electrons. The second-order valence-corrected chi connectivity index (χ2v) is 8.22. The summed E-state index contributed by atoms with van der Waals surface area (Å²) in [7, 11) is -3.82. The van der Waals surface area contributed by atoms with Gasteiger partial charge in [0.25, 0.3) is 0 Å². The summed E-state index contributed by atoms with van der Waals surface area (Å²) in [5.41, 5.74) is 2.37. The minimum absolute atomic E-state index is 0.413. The van der Waals surface area contributed by atoms with Crippen molar-refractivity contribution in [3.8, 4) is 16.9 Å². The standard InChI is InChI=1S/C18H15ClN2O4S/c19-15-8-6-13(7-9-15)18-14(11-26(24,25)12-17(22)23)10-21(20-18)16-4-2-1-3-5-16/h1-10H,11-12H2,(H,22,23). The maximum atomic E-state index is 12.2. The maximum absolute atomic E-state index is 12.2. The summed E-state index contributed by atoms with van der Waals surface area (Å²) < 4.78 is 25.9. The molecule has 0 fully saturated rings. The Kier molecular flexibility index (Phi) is 5.11. The predicted molar refractivity (Wildman–Crippen MR) is 99.1 cm³/mol. The van der Waals surface area contributed by atoms with Crippen molar-refractivity contribution in [1.29, 1.82) is 0 Å². The molecule has 0 radical (unpaired) electrons. The number of hydrogen-bond acceptors (Lipinski definition) is 4. The van der Waals surface area contributed by atoms with Gasteiger partial charge in [-0.1, -0.05) is 41.9 Å². The Balaban J connectivity index is 2.07. The van der Waals surface area contributed by atoms with E-state index in [0.717, 1.165) is 5.69 Å². The van der Waals surface area contributed by atoms with Crippen molar-refractivity contribution >= 4 is 27.4 Å². The molecule has 3 rings (SSSR count). The molecular weight excluding hydrogens is 376 g/mol. The van der Waals surface area contributed by atoms with Crippen LogP contribution in [0.25, 0.3) is 16.9 Å². The number of halogens is 1. The minimum atomic E-state index is -3.82. The molecule has 0 aliphatic rings. The number of nitrogens with zero attached hydrogens (tertiary/aromatic N) is 2. The lowest BCUT2D eigenvalue weighted by atomic mass is 10.1. The van der Waals surface area contributed by atoms with E-state index in [1.807, 2.05) is 30.3 Å². The molecule has 0 aliphatic heterocycles. The van der Waals surface area contributed by atoms with Crippen LogP contribution in [0.3, 0.4) is 0 Å². The van der Waals surface area contributed by atoms with Gasteiger partial charge in [0, 0.05) is 22.3 Å². The highest BCUT2D eigenvalue weighted by Gasteiger charge is 2.22. The van der Waals surface area contributed by atoms with Crippen LogP contribution in [0, 0.1) is 0 Å². The predicted octanol–water partition coefficient (Wildman–Crippen LogP) is 3.19. The SMILES string of the molecule is O=C(O)CS(=O)(=O)Cc1cn(-c2ccccc2)nc1-c1ccc(Cl)cc1. The zero-order valence-corrected chi connectivity index (χ0v) is 15.1. The molecule has 0 unspecified atom stereocenters. The molecule has 0 saturated heterocycles. The lowest BCUT2D eigenvalue weighted by Crippen LogP contribution is -2.17. The number of carboxylic acids is 1. The zero-order valence-electron chi connectivity index (χ0n) is 13.5. The van der Waals surface area contributed by atoms with Crippen LogP contribution in [-0.2, 0) is 20.4 Å². The largest absolute Gasteiger partial charge is 0.480 e. The van der Waals surface area contributed by atoms with Crippen molar-refractivity contribution in [1.82, 2.24) is 9.78 Å². The van der Waals surface area contributed by atoms with Crippen LogP contribution in [-0.4, -0.2) is 35.0 Å². The highest BCUT2D eigenvalue weighted by molar-refractivity contribution is 7.91. The van der Waals surface area contributed by atoms with E-state index >= 15 is 0 Å². The van der Waals surface area contributed by atoms with Crippen molar-refractivity contribution in [2.24, 2.45) is 0 Å². The Bertz CT molecular complexity index is 1030. The molecule has 1 N–H and O–H groups in total. The summed E-state index contributed by atoms with van der Waals surface area (Å²) in [5, 5.41) is 13.9. The summed E-state index contributed by atoms with van der Waals surface area (Å²) >= 11 is 5.92. The lowest BCUT2D eigenvalue weighted by Gasteiger charge is -2.03. The molecule has 0 atom stereocenters. The molecule has 26 heavy (non-hydrogen) atoms. The zero-order chi connectivity index (χ0) is 18.7. The van der Waals surface area contributed by atoms with Gasteiger partial charge in [-0.25, -0.2) is 13.1 Å². The third kappa shape index (κ3) is 4.30. The van der Waals surface area contributed by atoms with Crippen molar-refractivity contribution in [3.63, 3.8) is 0 Å². The highest BCUT2D eigenvalue weighted by Crippen LogP contribution is 2.26. The van der Waals surface area contributed by atoms with Crippen LogP contribution in [0.5, 0.6) is 0 Å². The number of rotatable bonds is 6. The summed E-state index contributed by atoms with van der Waals surface area (Å²) in [4.78, 5) is 10.8. The first-order valence-electron chi connectivity index (χ1n) is 7.66. The van der Waals surface area contributed by atoms with Crippen LogP contribution in [0.1, 0.15) is 5.56 Å². The first-order chi connectivity index (χ1) is 12.3. The van der Waals surface area contributed by atoms with Crippen molar-refractivity contribution < 1.29 is 18.3 Å². The fourth-order valence-electron chi connectivity index (χ4n) is 2.56. The highest BCUT2D eigenvalue weighted by atomic mass is 35.5. The molecule has 3 aromatic rings. The van der Waals surface area contributed by atoms with E-state index in [-0.39, 0.29) is 0 Å². The smallest absolute Gasteiger partial charge is 0.318 e. The summed E-state index contributed by atoms with van der Waals surface area (Å²) in [6.45, 7) is 0. The number of aromatic nitrogens is 2. The van der Waals surface area contributed by atoms with Crippen LogP contribution >= 0.6 is 11.6 Å². The summed E-state index contributed by atoms with van der Waals surface area (Å²) in [6.07, 6.45) is 1.61. The van der Waals surface area contributed by atoms with E-state index in [9.17, 15) is 13.2 Å². The molecule has 0 saturated carbocycles. The first kappa shape index (κ1) is 18.2. The molecule has 2 aromatic carbocycles. The fraction of sp³-hybridized carbons (Fsp3) is 0.111. The second kappa shape index (κ2) is 7.31. The van der Waals surface area contributed by atoms with Gasteiger partial charge in [0.2, 0.25) is 0 Å². The molecule has 6 nitrogen and oxygen atoms in total. The molecule has 0 amide bonds. The van der Waals surface area contributed by atoms with E-state index in [1.165, 1.54) is 0 Å². The molecular formula is C18H15ClN2O4S. The maximum Gasteiger partial charge on any atom is 0.318 e. The minimum Gasteiger partial charge on any atom is -0.480 e. The number of carboxylic acid groups (broad SMARTS) is 1.